The molecule has 2 fully saturated rings. The molecule has 1 aromatic rings. The van der Waals surface area contributed by atoms with Crippen molar-refractivity contribution >= 4 is 32.3 Å². The van der Waals surface area contributed by atoms with Crippen LogP contribution >= 0.6 is 12.4 Å². The Hall–Kier alpha value is -0.680. The first kappa shape index (κ1) is 17.7. The summed E-state index contributed by atoms with van der Waals surface area (Å²) in [4.78, 5) is 0.0217. The predicted molar refractivity (Wildman–Crippen MR) is 81.0 cm³/mol. The van der Waals surface area contributed by atoms with Gasteiger partial charge in [0.2, 0.25) is 10.0 Å². The van der Waals surface area contributed by atoms with E-state index in [1.165, 1.54) is 11.2 Å². The number of hydrogen-bond acceptors (Lipinski definition) is 7. The Balaban J connectivity index is 0.00000176. The third-order valence-electron chi connectivity index (χ3n) is 4.28. The fourth-order valence-corrected chi connectivity index (χ4v) is 7.39. The number of sulfone groups is 1. The highest BCUT2D eigenvalue weighted by molar-refractivity contribution is 7.92. The Kier molecular flexibility index (Phi) is 4.37. The predicted octanol–water partition coefficient (Wildman–Crippen LogP) is -0.542. The number of nitrogens with zero attached hydrogens (tertiary/aromatic N) is 2. The van der Waals surface area contributed by atoms with Gasteiger partial charge in [-0.3, -0.25) is 0 Å². The second-order valence-electron chi connectivity index (χ2n) is 5.67. The topological polar surface area (TPSA) is 124 Å². The van der Waals surface area contributed by atoms with Crippen LogP contribution in [0.4, 0.5) is 0 Å². The van der Waals surface area contributed by atoms with Gasteiger partial charge in [-0.2, -0.15) is 4.31 Å². The molecule has 8 nitrogen and oxygen atoms in total. The molecule has 2 aliphatic rings. The molecule has 0 amide bonds. The van der Waals surface area contributed by atoms with Crippen molar-refractivity contribution in [3.63, 3.8) is 0 Å². The number of aryl methyl sites for hydroxylation is 2. The highest BCUT2D eigenvalue weighted by Gasteiger charge is 2.53. The van der Waals surface area contributed by atoms with Gasteiger partial charge in [-0.25, -0.2) is 16.8 Å². The van der Waals surface area contributed by atoms with Crippen molar-refractivity contribution in [3.05, 3.63) is 11.5 Å². The molecule has 3 heterocycles. The Morgan fingerprint density at radius 2 is 1.95 bits per heavy atom. The fraction of sp³-hybridized carbons (Fsp3) is 0.727. The summed E-state index contributed by atoms with van der Waals surface area (Å²) in [6, 6.07) is -0.509. The highest BCUT2D eigenvalue weighted by atomic mass is 35.5. The van der Waals surface area contributed by atoms with E-state index in [0.29, 0.717) is 0 Å². The lowest BCUT2D eigenvalue weighted by Crippen LogP contribution is -2.36. The molecule has 0 saturated carbocycles. The maximum atomic E-state index is 12.7. The maximum Gasteiger partial charge on any atom is 0.248 e. The van der Waals surface area contributed by atoms with Gasteiger partial charge in [0.25, 0.3) is 0 Å². The van der Waals surface area contributed by atoms with Crippen LogP contribution in [0.25, 0.3) is 0 Å². The first-order chi connectivity index (χ1) is 9.64. The summed E-state index contributed by atoms with van der Waals surface area (Å²) in [6.45, 7) is 3.14. The van der Waals surface area contributed by atoms with Crippen molar-refractivity contribution in [1.29, 1.82) is 0 Å². The average Bonchev–Trinajstić information content (AvgIpc) is 2.98. The Labute approximate surface area is 135 Å². The fourth-order valence-electron chi connectivity index (χ4n) is 3.24. The van der Waals surface area contributed by atoms with Crippen LogP contribution in [0, 0.1) is 19.8 Å². The zero-order valence-electron chi connectivity index (χ0n) is 12.1. The Bertz CT molecular complexity index is 769. The van der Waals surface area contributed by atoms with Gasteiger partial charge in [0.1, 0.15) is 10.6 Å². The Morgan fingerprint density at radius 1 is 1.32 bits per heavy atom. The zero-order valence-corrected chi connectivity index (χ0v) is 14.5. The SMILES string of the molecule is Cc1noc(C)c1S(=O)(=O)N1C[C@H]2[C@H](N)CS(=O)(=O)[C@H]2C1.Cl. The molecular weight excluding hydrogens is 354 g/mol. The molecule has 126 valence electrons. The van der Waals surface area contributed by atoms with E-state index in [1.54, 1.807) is 6.92 Å². The summed E-state index contributed by atoms with van der Waals surface area (Å²) in [5, 5.41) is 2.94. The van der Waals surface area contributed by atoms with E-state index in [9.17, 15) is 16.8 Å². The van der Waals surface area contributed by atoms with Gasteiger partial charge >= 0.3 is 0 Å². The van der Waals surface area contributed by atoms with E-state index in [0.717, 1.165) is 0 Å². The molecule has 2 N–H and O–H groups in total. The molecule has 3 rings (SSSR count). The molecule has 0 aliphatic carbocycles. The number of hydrogen-bond donors (Lipinski definition) is 1. The molecular formula is C11H18ClN3O5S2. The van der Waals surface area contributed by atoms with Gasteiger partial charge in [-0.05, 0) is 13.8 Å². The molecule has 3 atom stereocenters. The van der Waals surface area contributed by atoms with Crippen LogP contribution in [0.2, 0.25) is 0 Å². The monoisotopic (exact) mass is 371 g/mol. The lowest BCUT2D eigenvalue weighted by atomic mass is 10.0. The quantitative estimate of drug-likeness (QED) is 0.740. The standard InChI is InChI=1S/C11H17N3O5S2.ClH/c1-6-11(7(2)19-13-6)21(17,18)14-3-8-9(12)5-20(15,16)10(8)4-14;/h8-10H,3-5,12H2,1-2H3;1H/t8-,9+,10-;/m0./s1. The van der Waals surface area contributed by atoms with E-state index >= 15 is 0 Å². The van der Waals surface area contributed by atoms with Crippen molar-refractivity contribution in [3.8, 4) is 0 Å². The second-order valence-corrected chi connectivity index (χ2v) is 9.81. The molecule has 11 heteroatoms. The average molecular weight is 372 g/mol. The van der Waals surface area contributed by atoms with Crippen molar-refractivity contribution in [2.75, 3.05) is 18.8 Å². The van der Waals surface area contributed by atoms with E-state index in [1.807, 2.05) is 0 Å². The minimum atomic E-state index is -3.82. The lowest BCUT2D eigenvalue weighted by molar-refractivity contribution is 0.389. The first-order valence-electron chi connectivity index (χ1n) is 6.55. The van der Waals surface area contributed by atoms with E-state index in [2.05, 4.69) is 5.16 Å². The number of fused-ring (bicyclic) bond motifs is 1. The van der Waals surface area contributed by atoms with Gasteiger partial charge in [-0.1, -0.05) is 5.16 Å². The summed E-state index contributed by atoms with van der Waals surface area (Å²) >= 11 is 0. The molecule has 1 aromatic heterocycles. The minimum Gasteiger partial charge on any atom is -0.360 e. The number of aromatic nitrogens is 1. The Morgan fingerprint density at radius 3 is 2.45 bits per heavy atom. The largest absolute Gasteiger partial charge is 0.360 e. The van der Waals surface area contributed by atoms with E-state index < -0.39 is 31.2 Å². The molecule has 2 aliphatic heterocycles. The van der Waals surface area contributed by atoms with Gasteiger partial charge in [-0.15, -0.1) is 12.4 Å². The number of sulfonamides is 1. The number of nitrogens with two attached hydrogens (primary N) is 1. The summed E-state index contributed by atoms with van der Waals surface area (Å²) in [5.74, 6) is -0.205. The number of halogens is 1. The molecule has 0 spiro atoms. The van der Waals surface area contributed by atoms with Crippen LogP contribution in [0.5, 0.6) is 0 Å². The van der Waals surface area contributed by atoms with Crippen molar-refractivity contribution < 1.29 is 21.4 Å². The molecule has 0 unspecified atom stereocenters. The summed E-state index contributed by atoms with van der Waals surface area (Å²) in [5.41, 5.74) is 6.12. The molecule has 22 heavy (non-hydrogen) atoms. The van der Waals surface area contributed by atoms with E-state index in [-0.39, 0.29) is 53.5 Å². The van der Waals surface area contributed by atoms with Crippen molar-refractivity contribution in [2.45, 2.75) is 30.0 Å². The van der Waals surface area contributed by atoms with Crippen molar-refractivity contribution in [2.24, 2.45) is 11.7 Å². The smallest absolute Gasteiger partial charge is 0.248 e. The van der Waals surface area contributed by atoms with Crippen LogP contribution in [-0.4, -0.2) is 56.4 Å². The van der Waals surface area contributed by atoms with Crippen LogP contribution in [-0.2, 0) is 19.9 Å². The van der Waals surface area contributed by atoms with Gasteiger partial charge in [0, 0.05) is 25.0 Å². The molecule has 2 saturated heterocycles. The maximum absolute atomic E-state index is 12.7. The lowest BCUT2D eigenvalue weighted by Gasteiger charge is -2.18. The molecule has 0 bridgehead atoms. The molecule has 0 radical (unpaired) electrons. The first-order valence-corrected chi connectivity index (χ1v) is 9.70. The van der Waals surface area contributed by atoms with Gasteiger partial charge < -0.3 is 10.3 Å². The second kappa shape index (κ2) is 5.45. The number of rotatable bonds is 2. The van der Waals surface area contributed by atoms with Gasteiger partial charge in [0.05, 0.1) is 11.0 Å². The minimum absolute atomic E-state index is 0. The van der Waals surface area contributed by atoms with Crippen LogP contribution in [0.3, 0.4) is 0 Å². The van der Waals surface area contributed by atoms with Crippen LogP contribution in [0.1, 0.15) is 11.5 Å². The van der Waals surface area contributed by atoms with Gasteiger partial charge in [0.15, 0.2) is 15.6 Å². The highest BCUT2D eigenvalue weighted by Crippen LogP contribution is 2.36. The van der Waals surface area contributed by atoms with Crippen LogP contribution in [0.15, 0.2) is 9.42 Å². The zero-order chi connectivity index (χ0) is 15.6. The van der Waals surface area contributed by atoms with Crippen molar-refractivity contribution in [1.82, 2.24) is 9.46 Å². The van der Waals surface area contributed by atoms with E-state index in [4.69, 9.17) is 10.3 Å². The molecule has 0 aromatic carbocycles. The third-order valence-corrected chi connectivity index (χ3v) is 8.62. The summed E-state index contributed by atoms with van der Waals surface area (Å²) in [6.07, 6.45) is 0. The third kappa shape index (κ3) is 2.46. The summed E-state index contributed by atoms with van der Waals surface area (Å²) < 4.78 is 55.5. The summed E-state index contributed by atoms with van der Waals surface area (Å²) in [7, 11) is -7.14. The normalized spacial score (nSPS) is 31.0. The van der Waals surface area contributed by atoms with Crippen LogP contribution < -0.4 is 5.73 Å².